The van der Waals surface area contributed by atoms with Crippen molar-refractivity contribution in [3.63, 3.8) is 0 Å². The van der Waals surface area contributed by atoms with E-state index in [1.807, 2.05) is 6.92 Å². The van der Waals surface area contributed by atoms with E-state index in [0.29, 0.717) is 12.5 Å². The maximum atomic E-state index is 8.92. The van der Waals surface area contributed by atoms with Crippen LogP contribution in [0.3, 0.4) is 0 Å². The van der Waals surface area contributed by atoms with Gasteiger partial charge in [-0.2, -0.15) is 0 Å². The van der Waals surface area contributed by atoms with Gasteiger partial charge in [-0.15, -0.1) is 0 Å². The van der Waals surface area contributed by atoms with E-state index in [-0.39, 0.29) is 12.7 Å². The highest BCUT2D eigenvalue weighted by Crippen LogP contribution is 2.33. The topological polar surface area (TPSA) is 50.7 Å². The molecule has 0 amide bonds. The van der Waals surface area contributed by atoms with Crippen molar-refractivity contribution in [1.82, 2.24) is 5.32 Å². The zero-order valence-electron chi connectivity index (χ0n) is 7.95. The quantitative estimate of drug-likeness (QED) is 0.624. The summed E-state index contributed by atoms with van der Waals surface area (Å²) in [6.45, 7) is 4.53. The van der Waals surface area contributed by atoms with Crippen LogP contribution in [0.15, 0.2) is 0 Å². The molecule has 2 aliphatic heterocycles. The van der Waals surface area contributed by atoms with Crippen molar-refractivity contribution in [3.05, 3.63) is 0 Å². The SMILES string of the molecule is CC1(C2CCNC2)OCC(CO)O1. The highest BCUT2D eigenvalue weighted by Gasteiger charge is 2.44. The van der Waals surface area contributed by atoms with Crippen LogP contribution in [0, 0.1) is 5.92 Å². The fourth-order valence-electron chi connectivity index (χ4n) is 2.06. The molecule has 0 aliphatic carbocycles. The largest absolute Gasteiger partial charge is 0.394 e. The molecule has 3 atom stereocenters. The first-order valence-corrected chi connectivity index (χ1v) is 4.88. The minimum absolute atomic E-state index is 0.0513. The molecule has 4 nitrogen and oxygen atoms in total. The molecule has 2 saturated heterocycles. The number of aliphatic hydroxyl groups is 1. The van der Waals surface area contributed by atoms with E-state index in [0.717, 1.165) is 19.5 Å². The van der Waals surface area contributed by atoms with E-state index in [2.05, 4.69) is 5.32 Å². The van der Waals surface area contributed by atoms with Gasteiger partial charge in [0.25, 0.3) is 0 Å². The molecule has 0 radical (unpaired) electrons. The Morgan fingerprint density at radius 2 is 2.46 bits per heavy atom. The van der Waals surface area contributed by atoms with E-state index in [1.165, 1.54) is 0 Å². The Balaban J connectivity index is 1.96. The zero-order chi connectivity index (χ0) is 9.31. The van der Waals surface area contributed by atoms with E-state index < -0.39 is 5.79 Å². The molecule has 3 unspecified atom stereocenters. The van der Waals surface area contributed by atoms with E-state index in [9.17, 15) is 0 Å². The molecule has 0 spiro atoms. The van der Waals surface area contributed by atoms with Gasteiger partial charge in [0.2, 0.25) is 0 Å². The summed E-state index contributed by atoms with van der Waals surface area (Å²) in [4.78, 5) is 0. The van der Waals surface area contributed by atoms with Crippen LogP contribution in [-0.2, 0) is 9.47 Å². The predicted molar refractivity (Wildman–Crippen MR) is 47.3 cm³/mol. The lowest BCUT2D eigenvalue weighted by Gasteiger charge is -2.29. The van der Waals surface area contributed by atoms with Gasteiger partial charge >= 0.3 is 0 Å². The van der Waals surface area contributed by atoms with Crippen LogP contribution in [-0.4, -0.2) is 43.3 Å². The van der Waals surface area contributed by atoms with Gasteiger partial charge in [-0.1, -0.05) is 0 Å². The molecule has 0 bridgehead atoms. The van der Waals surface area contributed by atoms with E-state index >= 15 is 0 Å². The van der Waals surface area contributed by atoms with Gasteiger partial charge in [-0.05, 0) is 19.9 Å². The number of nitrogens with one attached hydrogen (secondary N) is 1. The second kappa shape index (κ2) is 3.53. The first kappa shape index (κ1) is 9.40. The summed E-state index contributed by atoms with van der Waals surface area (Å²) in [5, 5.41) is 12.2. The maximum absolute atomic E-state index is 8.92. The molecule has 2 fully saturated rings. The summed E-state index contributed by atoms with van der Waals surface area (Å²) in [7, 11) is 0. The Morgan fingerprint density at radius 1 is 1.62 bits per heavy atom. The first-order chi connectivity index (χ1) is 6.24. The molecule has 2 N–H and O–H groups in total. The van der Waals surface area contributed by atoms with Gasteiger partial charge in [0.1, 0.15) is 6.10 Å². The minimum atomic E-state index is -0.475. The Labute approximate surface area is 78.2 Å². The van der Waals surface area contributed by atoms with Crippen molar-refractivity contribution in [2.75, 3.05) is 26.3 Å². The normalized spacial score (nSPS) is 45.7. The van der Waals surface area contributed by atoms with Crippen molar-refractivity contribution >= 4 is 0 Å². The molecule has 2 aliphatic rings. The summed E-state index contributed by atoms with van der Waals surface area (Å²) in [5.74, 6) is -0.0549. The minimum Gasteiger partial charge on any atom is -0.394 e. The van der Waals surface area contributed by atoms with Gasteiger partial charge in [0.05, 0.1) is 13.2 Å². The fraction of sp³-hybridized carbons (Fsp3) is 1.00. The molecule has 0 aromatic carbocycles. The number of rotatable bonds is 2. The molecule has 76 valence electrons. The zero-order valence-corrected chi connectivity index (χ0v) is 7.95. The van der Waals surface area contributed by atoms with Crippen LogP contribution in [0.5, 0.6) is 0 Å². The number of ether oxygens (including phenoxy) is 2. The van der Waals surface area contributed by atoms with E-state index in [4.69, 9.17) is 14.6 Å². The van der Waals surface area contributed by atoms with Crippen molar-refractivity contribution in [2.45, 2.75) is 25.2 Å². The van der Waals surface area contributed by atoms with Crippen molar-refractivity contribution in [2.24, 2.45) is 5.92 Å². The molecule has 0 saturated carbocycles. The molecule has 0 aromatic heterocycles. The van der Waals surface area contributed by atoms with Crippen molar-refractivity contribution < 1.29 is 14.6 Å². The van der Waals surface area contributed by atoms with E-state index in [1.54, 1.807) is 0 Å². The lowest BCUT2D eigenvalue weighted by molar-refractivity contribution is -0.189. The smallest absolute Gasteiger partial charge is 0.170 e. The van der Waals surface area contributed by atoms with Crippen molar-refractivity contribution in [3.8, 4) is 0 Å². The standard InChI is InChI=1S/C9H17NO3/c1-9(7-2-3-10-4-7)12-6-8(5-11)13-9/h7-8,10-11H,2-6H2,1H3. The molecule has 0 aromatic rings. The molecule has 2 heterocycles. The summed E-state index contributed by atoms with van der Waals surface area (Å²) >= 11 is 0. The van der Waals surface area contributed by atoms with Crippen LogP contribution in [0.25, 0.3) is 0 Å². The molecule has 13 heavy (non-hydrogen) atoms. The molecular formula is C9H17NO3. The van der Waals surface area contributed by atoms with Crippen molar-refractivity contribution in [1.29, 1.82) is 0 Å². The van der Waals surface area contributed by atoms with Crippen LogP contribution in [0.4, 0.5) is 0 Å². The fourth-order valence-corrected chi connectivity index (χ4v) is 2.06. The third-order valence-corrected chi connectivity index (χ3v) is 2.96. The van der Waals surface area contributed by atoms with Crippen LogP contribution >= 0.6 is 0 Å². The Morgan fingerprint density at radius 3 is 3.00 bits per heavy atom. The first-order valence-electron chi connectivity index (χ1n) is 4.88. The number of hydrogen-bond acceptors (Lipinski definition) is 4. The lowest BCUT2D eigenvalue weighted by Crippen LogP contribution is -2.38. The second-order valence-electron chi connectivity index (χ2n) is 3.94. The van der Waals surface area contributed by atoms with Crippen LogP contribution in [0.2, 0.25) is 0 Å². The highest BCUT2D eigenvalue weighted by atomic mass is 16.7. The third kappa shape index (κ3) is 1.72. The predicted octanol–water partition coefficient (Wildman–Crippen LogP) is -0.280. The van der Waals surface area contributed by atoms with Crippen LogP contribution in [0.1, 0.15) is 13.3 Å². The summed E-state index contributed by atoms with van der Waals surface area (Å²) in [6, 6.07) is 0. The number of aliphatic hydroxyl groups excluding tert-OH is 1. The maximum Gasteiger partial charge on any atom is 0.170 e. The number of hydrogen-bond donors (Lipinski definition) is 2. The lowest BCUT2D eigenvalue weighted by atomic mass is 9.99. The summed E-state index contributed by atoms with van der Waals surface area (Å²) in [5.41, 5.74) is 0. The summed E-state index contributed by atoms with van der Waals surface area (Å²) < 4.78 is 11.3. The highest BCUT2D eigenvalue weighted by molar-refractivity contribution is 4.86. The monoisotopic (exact) mass is 187 g/mol. The van der Waals surface area contributed by atoms with Gasteiger partial charge in [0.15, 0.2) is 5.79 Å². The van der Waals surface area contributed by atoms with Crippen LogP contribution < -0.4 is 5.32 Å². The van der Waals surface area contributed by atoms with Gasteiger partial charge in [-0.25, -0.2) is 0 Å². The molecule has 2 rings (SSSR count). The van der Waals surface area contributed by atoms with Gasteiger partial charge in [-0.3, -0.25) is 0 Å². The average molecular weight is 187 g/mol. The Bertz CT molecular complexity index is 182. The average Bonchev–Trinajstić information content (AvgIpc) is 2.72. The third-order valence-electron chi connectivity index (χ3n) is 2.96. The van der Waals surface area contributed by atoms with Gasteiger partial charge < -0.3 is 19.9 Å². The van der Waals surface area contributed by atoms with Gasteiger partial charge in [0, 0.05) is 12.5 Å². The Hall–Kier alpha value is -0.160. The second-order valence-corrected chi connectivity index (χ2v) is 3.94. The molecular weight excluding hydrogens is 170 g/mol. The summed E-state index contributed by atoms with van der Waals surface area (Å²) in [6.07, 6.45) is 0.958. The Kier molecular flexibility index (Phi) is 2.55. The molecule has 4 heteroatoms.